The van der Waals surface area contributed by atoms with E-state index in [2.05, 4.69) is 24.3 Å². The van der Waals surface area contributed by atoms with Crippen molar-refractivity contribution in [1.82, 2.24) is 0 Å². The molecule has 0 saturated carbocycles. The van der Waals surface area contributed by atoms with Gasteiger partial charge in [0.05, 0.1) is 25.4 Å². The molecule has 0 radical (unpaired) electrons. The van der Waals surface area contributed by atoms with Crippen LogP contribution in [0.2, 0.25) is 0 Å². The van der Waals surface area contributed by atoms with E-state index in [4.69, 9.17) is 0 Å². The molecule has 22 heavy (non-hydrogen) atoms. The molecule has 0 N–H and O–H groups in total. The molecular weight excluding hydrogens is 425 g/mol. The van der Waals surface area contributed by atoms with Crippen molar-refractivity contribution in [2.45, 2.75) is 0 Å². The van der Waals surface area contributed by atoms with Gasteiger partial charge in [0.25, 0.3) is 0 Å². The van der Waals surface area contributed by atoms with Crippen molar-refractivity contribution in [3.05, 3.63) is 49.7 Å². The highest BCUT2D eigenvalue weighted by Crippen LogP contribution is 2.60. The summed E-state index contributed by atoms with van der Waals surface area (Å²) in [4.78, 5) is 0. The minimum Gasteiger partial charge on any atom is -0.116 e. The Morgan fingerprint density at radius 1 is 0.500 bits per heavy atom. The lowest BCUT2D eigenvalue weighted by Crippen LogP contribution is -1.88. The van der Waals surface area contributed by atoms with Crippen LogP contribution in [0.25, 0.3) is 0 Å². The van der Waals surface area contributed by atoms with Gasteiger partial charge in [-0.3, -0.25) is 0 Å². The van der Waals surface area contributed by atoms with Crippen molar-refractivity contribution in [3.63, 3.8) is 0 Å². The highest BCUT2D eigenvalue weighted by Gasteiger charge is 2.25. The van der Waals surface area contributed by atoms with Crippen LogP contribution in [0.3, 0.4) is 0 Å². The topological polar surface area (TPSA) is 0 Å². The highest BCUT2D eigenvalue weighted by atomic mass is 32.3. The molecular formula is C14H12S8. The third kappa shape index (κ3) is 4.18. The van der Waals surface area contributed by atoms with Gasteiger partial charge in [0.15, 0.2) is 0 Å². The molecule has 0 aromatic rings. The van der Waals surface area contributed by atoms with E-state index in [1.807, 2.05) is 94.1 Å². The Bertz CT molecular complexity index is 531. The lowest BCUT2D eigenvalue weighted by Gasteiger charge is -2.08. The van der Waals surface area contributed by atoms with Crippen molar-refractivity contribution in [3.8, 4) is 0 Å². The Hall–Kier alpha value is 1.50. The first-order chi connectivity index (χ1) is 10.9. The molecule has 0 bridgehead atoms. The van der Waals surface area contributed by atoms with Gasteiger partial charge in [-0.2, -0.15) is 0 Å². The summed E-state index contributed by atoms with van der Waals surface area (Å²) in [7, 11) is 0. The fraction of sp³-hybridized carbons (Fsp3) is 0.286. The van der Waals surface area contributed by atoms with Gasteiger partial charge in [0, 0.05) is 23.0 Å². The molecule has 8 heteroatoms. The zero-order valence-electron chi connectivity index (χ0n) is 11.4. The second kappa shape index (κ2) is 8.25. The van der Waals surface area contributed by atoms with E-state index < -0.39 is 0 Å². The Morgan fingerprint density at radius 3 is 1.14 bits per heavy atom. The Balaban J connectivity index is 1.32. The summed E-state index contributed by atoms with van der Waals surface area (Å²) in [5, 5.41) is 0. The maximum absolute atomic E-state index is 2.26. The first-order valence-electron chi connectivity index (χ1n) is 6.68. The third-order valence-corrected chi connectivity index (χ3v) is 14.2. The van der Waals surface area contributed by atoms with Crippen LogP contribution < -0.4 is 0 Å². The fourth-order valence-corrected chi connectivity index (χ4v) is 13.5. The van der Waals surface area contributed by atoms with E-state index in [1.54, 1.807) is 0 Å². The van der Waals surface area contributed by atoms with Crippen molar-refractivity contribution in [2.24, 2.45) is 0 Å². The largest absolute Gasteiger partial charge is 0.116 e. The van der Waals surface area contributed by atoms with Crippen molar-refractivity contribution in [1.29, 1.82) is 0 Å². The van der Waals surface area contributed by atoms with Crippen LogP contribution in [0.1, 0.15) is 0 Å². The Labute approximate surface area is 165 Å². The van der Waals surface area contributed by atoms with Gasteiger partial charge in [-0.05, 0) is 12.2 Å². The molecule has 4 rings (SSSR count). The molecule has 0 spiro atoms. The summed E-state index contributed by atoms with van der Waals surface area (Å²) in [6, 6.07) is 0. The summed E-state index contributed by atoms with van der Waals surface area (Å²) in [5.74, 6) is 5.03. The van der Waals surface area contributed by atoms with Crippen LogP contribution >= 0.6 is 94.1 Å². The molecule has 0 aromatic heterocycles. The summed E-state index contributed by atoms with van der Waals surface area (Å²) >= 11 is 15.8. The fourth-order valence-electron chi connectivity index (χ4n) is 1.87. The number of hydrogen-bond acceptors (Lipinski definition) is 8. The number of allylic oxidation sites excluding steroid dienone is 4. The van der Waals surface area contributed by atoms with E-state index in [-0.39, 0.29) is 0 Å². The quantitative estimate of drug-likeness (QED) is 0.433. The van der Waals surface area contributed by atoms with Gasteiger partial charge in [-0.15, -0.1) is 47.0 Å². The number of rotatable bonds is 2. The number of thioether (sulfide) groups is 8. The van der Waals surface area contributed by atoms with Crippen LogP contribution in [0.4, 0.5) is 0 Å². The summed E-state index contributed by atoms with van der Waals surface area (Å²) in [6.07, 6.45) is 8.89. The molecule has 116 valence electrons. The molecule has 0 aromatic carbocycles. The molecule has 0 aliphatic carbocycles. The van der Waals surface area contributed by atoms with Crippen molar-refractivity contribution >= 4 is 94.1 Å². The average Bonchev–Trinajstić information content (AvgIpc) is 3.14. The molecule has 4 aliphatic rings. The summed E-state index contributed by atoms with van der Waals surface area (Å²) in [5.41, 5.74) is 0. The van der Waals surface area contributed by atoms with E-state index in [9.17, 15) is 0 Å². The van der Waals surface area contributed by atoms with Gasteiger partial charge < -0.3 is 0 Å². The number of hydrogen-bond donors (Lipinski definition) is 0. The van der Waals surface area contributed by atoms with Crippen LogP contribution in [0, 0.1) is 0 Å². The third-order valence-electron chi connectivity index (χ3n) is 2.78. The zero-order valence-corrected chi connectivity index (χ0v) is 17.9. The lowest BCUT2D eigenvalue weighted by molar-refractivity contribution is 1.56. The van der Waals surface area contributed by atoms with E-state index >= 15 is 0 Å². The van der Waals surface area contributed by atoms with Gasteiger partial charge in [-0.25, -0.2) is 0 Å². The van der Waals surface area contributed by atoms with Gasteiger partial charge in [-0.1, -0.05) is 59.2 Å². The molecule has 4 heterocycles. The predicted octanol–water partition coefficient (Wildman–Crippen LogP) is 7.40. The van der Waals surface area contributed by atoms with E-state index in [0.29, 0.717) is 0 Å². The molecule has 0 amide bonds. The van der Waals surface area contributed by atoms with Crippen molar-refractivity contribution < 1.29 is 0 Å². The molecule has 0 saturated heterocycles. The highest BCUT2D eigenvalue weighted by molar-refractivity contribution is 8.42. The van der Waals surface area contributed by atoms with Gasteiger partial charge in [0.2, 0.25) is 0 Å². The Kier molecular flexibility index (Phi) is 6.36. The monoisotopic (exact) mass is 436 g/mol. The average molecular weight is 437 g/mol. The van der Waals surface area contributed by atoms with Gasteiger partial charge >= 0.3 is 0 Å². The maximum atomic E-state index is 2.26. The molecule has 4 aliphatic heterocycles. The predicted molar refractivity (Wildman–Crippen MR) is 120 cm³/mol. The minimum absolute atomic E-state index is 1.26. The normalized spacial score (nSPS) is 25.1. The second-order valence-electron chi connectivity index (χ2n) is 4.31. The standard InChI is InChI=1S/C14H12S8/c1(3-9-19-11-12(20-9)16-6-5-15-11)2-4-10-21-13-14(22-10)18-8-7-17-13/h1-4H,5-8H2/b2-1+. The van der Waals surface area contributed by atoms with Crippen molar-refractivity contribution in [2.75, 3.05) is 23.0 Å². The second-order valence-corrected chi connectivity index (χ2v) is 14.5. The van der Waals surface area contributed by atoms with Crippen LogP contribution in [-0.2, 0) is 0 Å². The maximum Gasteiger partial charge on any atom is 0.0660 e. The van der Waals surface area contributed by atoms with Gasteiger partial charge in [0.1, 0.15) is 0 Å². The molecule has 0 fully saturated rings. The smallest absolute Gasteiger partial charge is 0.0660 e. The Morgan fingerprint density at radius 2 is 0.818 bits per heavy atom. The van der Waals surface area contributed by atoms with Crippen LogP contribution in [0.15, 0.2) is 49.7 Å². The summed E-state index contributed by atoms with van der Waals surface area (Å²) in [6.45, 7) is 0. The SMILES string of the molecule is C(/C=C/C=C1SC2=C(SCCS2)S1)=C1SC2=C(SCCS2)S1. The zero-order chi connectivity index (χ0) is 14.8. The lowest BCUT2D eigenvalue weighted by atomic mass is 10.5. The first-order valence-corrected chi connectivity index (χ1v) is 13.9. The molecule has 0 nitrogen and oxygen atoms in total. The van der Waals surface area contributed by atoms with Crippen LogP contribution in [-0.4, -0.2) is 23.0 Å². The molecule has 0 unspecified atom stereocenters. The van der Waals surface area contributed by atoms with E-state index in [1.165, 1.54) is 48.4 Å². The molecule has 0 atom stereocenters. The first kappa shape index (κ1) is 16.9. The summed E-state index contributed by atoms with van der Waals surface area (Å²) < 4.78 is 8.91. The van der Waals surface area contributed by atoms with E-state index in [0.717, 1.165) is 0 Å². The van der Waals surface area contributed by atoms with Crippen LogP contribution in [0.5, 0.6) is 0 Å². The minimum atomic E-state index is 1.26.